The molecule has 2 aromatic heterocycles. The summed E-state index contributed by atoms with van der Waals surface area (Å²) in [4.78, 5) is 11.0. The molecule has 3 heterocycles. The molecule has 0 radical (unpaired) electrons. The Bertz CT molecular complexity index is 749. The van der Waals surface area contributed by atoms with Gasteiger partial charge in [-0.15, -0.1) is 10.2 Å². The molecule has 0 amide bonds. The van der Waals surface area contributed by atoms with Crippen molar-refractivity contribution in [2.75, 3.05) is 11.4 Å². The van der Waals surface area contributed by atoms with E-state index in [4.69, 9.17) is 0 Å². The minimum atomic E-state index is -4.47. The number of halogens is 3. The van der Waals surface area contributed by atoms with Crippen LogP contribution >= 0.6 is 0 Å². The molecule has 1 aliphatic heterocycles. The van der Waals surface area contributed by atoms with Crippen LogP contribution in [0.2, 0.25) is 0 Å². The summed E-state index contributed by atoms with van der Waals surface area (Å²) < 4.78 is 39.8. The van der Waals surface area contributed by atoms with Gasteiger partial charge in [-0.3, -0.25) is 0 Å². The zero-order valence-corrected chi connectivity index (χ0v) is 12.5. The predicted molar refractivity (Wildman–Crippen MR) is 74.8 cm³/mol. The Balaban J connectivity index is 1.62. The van der Waals surface area contributed by atoms with Crippen LogP contribution in [0.1, 0.15) is 41.9 Å². The lowest BCUT2D eigenvalue weighted by Gasteiger charge is -2.29. The molecule has 6 nitrogen and oxygen atoms in total. The molecule has 0 atom stereocenters. The summed E-state index contributed by atoms with van der Waals surface area (Å²) in [6.45, 7) is 2.81. The minimum absolute atomic E-state index is 0.193. The van der Waals surface area contributed by atoms with E-state index in [0.29, 0.717) is 18.3 Å². The molecule has 0 aromatic carbocycles. The van der Waals surface area contributed by atoms with Gasteiger partial charge in [0.25, 0.3) is 0 Å². The van der Waals surface area contributed by atoms with Crippen molar-refractivity contribution in [3.05, 3.63) is 29.2 Å². The van der Waals surface area contributed by atoms with Crippen LogP contribution in [0, 0.1) is 6.92 Å². The molecule has 0 saturated heterocycles. The lowest BCUT2D eigenvalue weighted by molar-refractivity contribution is -0.147. The fourth-order valence-electron chi connectivity index (χ4n) is 2.82. The van der Waals surface area contributed by atoms with Crippen LogP contribution in [0.3, 0.4) is 0 Å². The first-order valence-corrected chi connectivity index (χ1v) is 7.51. The molecule has 0 spiro atoms. The molecule has 1 aliphatic carbocycles. The van der Waals surface area contributed by atoms with E-state index in [1.54, 1.807) is 0 Å². The van der Waals surface area contributed by atoms with Crippen LogP contribution in [0.5, 0.6) is 0 Å². The first-order chi connectivity index (χ1) is 10.9. The molecule has 0 unspecified atom stereocenters. The van der Waals surface area contributed by atoms with Gasteiger partial charge in [-0.2, -0.15) is 13.2 Å². The standard InChI is InChI=1S/C14H15F3N6/c1-8-6-10(19-12(18-8)9-2-3-9)22-4-5-23-11(7-22)20-21-13(23)14(15,16)17/h6,9H,2-5,7H2,1H3. The van der Waals surface area contributed by atoms with E-state index >= 15 is 0 Å². The maximum absolute atomic E-state index is 12.9. The lowest BCUT2D eigenvalue weighted by Crippen LogP contribution is -2.36. The summed E-state index contributed by atoms with van der Waals surface area (Å²) in [5.41, 5.74) is 0.875. The van der Waals surface area contributed by atoms with Crippen LogP contribution in [0.25, 0.3) is 0 Å². The third kappa shape index (κ3) is 2.64. The van der Waals surface area contributed by atoms with Crippen molar-refractivity contribution >= 4 is 5.82 Å². The Kier molecular flexibility index (Phi) is 3.07. The Morgan fingerprint density at radius 1 is 1.13 bits per heavy atom. The highest BCUT2D eigenvalue weighted by molar-refractivity contribution is 5.41. The molecule has 4 rings (SSSR count). The van der Waals surface area contributed by atoms with Gasteiger partial charge in [-0.05, 0) is 19.8 Å². The summed E-state index contributed by atoms with van der Waals surface area (Å²) in [5.74, 6) is 1.40. The average Bonchev–Trinajstić information content (AvgIpc) is 3.24. The fraction of sp³-hybridized carbons (Fsp3) is 0.571. The van der Waals surface area contributed by atoms with Crippen molar-refractivity contribution in [2.24, 2.45) is 0 Å². The minimum Gasteiger partial charge on any atom is -0.347 e. The van der Waals surface area contributed by atoms with E-state index in [-0.39, 0.29) is 13.1 Å². The van der Waals surface area contributed by atoms with Crippen LogP contribution in [-0.2, 0) is 19.3 Å². The summed E-state index contributed by atoms with van der Waals surface area (Å²) in [7, 11) is 0. The quantitative estimate of drug-likeness (QED) is 0.848. The monoisotopic (exact) mass is 324 g/mol. The third-order valence-electron chi connectivity index (χ3n) is 4.13. The van der Waals surface area contributed by atoms with Gasteiger partial charge in [0.15, 0.2) is 5.82 Å². The average molecular weight is 324 g/mol. The van der Waals surface area contributed by atoms with Crippen molar-refractivity contribution in [3.8, 4) is 0 Å². The van der Waals surface area contributed by atoms with E-state index in [9.17, 15) is 13.2 Å². The van der Waals surface area contributed by atoms with E-state index in [0.717, 1.165) is 34.7 Å². The largest absolute Gasteiger partial charge is 0.451 e. The highest BCUT2D eigenvalue weighted by atomic mass is 19.4. The van der Waals surface area contributed by atoms with Gasteiger partial charge < -0.3 is 9.47 Å². The number of hydrogen-bond acceptors (Lipinski definition) is 5. The number of nitrogens with zero attached hydrogens (tertiary/aromatic N) is 6. The van der Waals surface area contributed by atoms with Crippen molar-refractivity contribution in [2.45, 2.75) is 44.9 Å². The second-order valence-corrected chi connectivity index (χ2v) is 6.01. The molecule has 122 valence electrons. The van der Waals surface area contributed by atoms with Gasteiger partial charge in [0, 0.05) is 30.8 Å². The molecule has 0 N–H and O–H groups in total. The zero-order valence-electron chi connectivity index (χ0n) is 12.5. The molecular weight excluding hydrogens is 309 g/mol. The van der Waals surface area contributed by atoms with Gasteiger partial charge in [0.1, 0.15) is 11.6 Å². The molecule has 1 fully saturated rings. The normalized spacial score (nSPS) is 18.2. The van der Waals surface area contributed by atoms with Gasteiger partial charge in [0.2, 0.25) is 5.82 Å². The van der Waals surface area contributed by atoms with Crippen molar-refractivity contribution < 1.29 is 13.2 Å². The topological polar surface area (TPSA) is 59.7 Å². The molecule has 2 aliphatic rings. The SMILES string of the molecule is Cc1cc(N2CCn3c(nnc3C(F)(F)F)C2)nc(C2CC2)n1. The summed E-state index contributed by atoms with van der Waals surface area (Å²) >= 11 is 0. The van der Waals surface area contributed by atoms with E-state index < -0.39 is 12.0 Å². The van der Waals surface area contributed by atoms with Crippen molar-refractivity contribution in [1.82, 2.24) is 24.7 Å². The molecular formula is C14H15F3N6. The number of aryl methyl sites for hydroxylation is 1. The lowest BCUT2D eigenvalue weighted by atomic mass is 10.3. The van der Waals surface area contributed by atoms with Gasteiger partial charge >= 0.3 is 6.18 Å². The maximum atomic E-state index is 12.9. The number of hydrogen-bond donors (Lipinski definition) is 0. The molecule has 1 saturated carbocycles. The molecule has 0 bridgehead atoms. The maximum Gasteiger partial charge on any atom is 0.451 e. The summed E-state index contributed by atoms with van der Waals surface area (Å²) in [6, 6.07) is 1.86. The Morgan fingerprint density at radius 2 is 1.91 bits per heavy atom. The van der Waals surface area contributed by atoms with Crippen LogP contribution in [0.15, 0.2) is 6.07 Å². The second-order valence-electron chi connectivity index (χ2n) is 6.01. The Morgan fingerprint density at radius 3 is 2.61 bits per heavy atom. The van der Waals surface area contributed by atoms with Gasteiger partial charge in [0.05, 0.1) is 6.54 Å². The smallest absolute Gasteiger partial charge is 0.347 e. The van der Waals surface area contributed by atoms with Crippen LogP contribution < -0.4 is 4.90 Å². The third-order valence-corrected chi connectivity index (χ3v) is 4.13. The van der Waals surface area contributed by atoms with Crippen LogP contribution in [0.4, 0.5) is 19.0 Å². The van der Waals surface area contributed by atoms with Gasteiger partial charge in [-0.25, -0.2) is 9.97 Å². The predicted octanol–water partition coefficient (Wildman–Crippen LogP) is 2.29. The highest BCUT2D eigenvalue weighted by Gasteiger charge is 2.39. The van der Waals surface area contributed by atoms with Crippen LogP contribution in [-0.4, -0.2) is 31.3 Å². The fourth-order valence-corrected chi connectivity index (χ4v) is 2.82. The molecule has 23 heavy (non-hydrogen) atoms. The summed E-state index contributed by atoms with van der Waals surface area (Å²) in [5, 5.41) is 7.00. The van der Waals surface area contributed by atoms with Crippen molar-refractivity contribution in [3.63, 3.8) is 0 Å². The van der Waals surface area contributed by atoms with E-state index in [1.165, 1.54) is 0 Å². The van der Waals surface area contributed by atoms with E-state index in [1.807, 2.05) is 17.9 Å². The number of anilines is 1. The Labute approximate surface area is 130 Å². The first-order valence-electron chi connectivity index (χ1n) is 7.51. The first kappa shape index (κ1) is 14.4. The van der Waals surface area contributed by atoms with E-state index in [2.05, 4.69) is 20.2 Å². The number of aromatic nitrogens is 5. The zero-order chi connectivity index (χ0) is 16.2. The highest BCUT2D eigenvalue weighted by Crippen LogP contribution is 2.39. The Hall–Kier alpha value is -2.19. The number of fused-ring (bicyclic) bond motifs is 1. The number of alkyl halides is 3. The summed E-state index contributed by atoms with van der Waals surface area (Å²) in [6.07, 6.45) is -2.27. The number of rotatable bonds is 2. The molecule has 9 heteroatoms. The van der Waals surface area contributed by atoms with Crippen molar-refractivity contribution in [1.29, 1.82) is 0 Å². The second kappa shape index (κ2) is 4.90. The molecule has 2 aromatic rings. The van der Waals surface area contributed by atoms with Gasteiger partial charge in [-0.1, -0.05) is 0 Å².